The first-order valence-corrected chi connectivity index (χ1v) is 12.0. The van der Waals surface area contributed by atoms with Crippen LogP contribution in [0.25, 0.3) is 22.3 Å². The molecule has 0 unspecified atom stereocenters. The molecule has 4 heterocycles. The Labute approximate surface area is 207 Å². The average Bonchev–Trinajstić information content (AvgIpc) is 3.59. The van der Waals surface area contributed by atoms with E-state index in [1.165, 1.54) is 0 Å². The number of nitrogens with one attached hydrogen (secondary N) is 3. The van der Waals surface area contributed by atoms with Crippen molar-refractivity contribution in [1.29, 1.82) is 0 Å². The number of anilines is 2. The number of carbonyl (C=O) groups excluding carboxylic acids is 1. The quantitative estimate of drug-likeness (QED) is 0.334. The van der Waals surface area contributed by atoms with E-state index in [0.29, 0.717) is 45.7 Å². The topological polar surface area (TPSA) is 101 Å². The zero-order valence-corrected chi connectivity index (χ0v) is 20.1. The third-order valence-electron chi connectivity index (χ3n) is 6.39. The van der Waals surface area contributed by atoms with E-state index < -0.39 is 0 Å². The monoisotopic (exact) mass is 489 g/mol. The van der Waals surface area contributed by atoms with E-state index in [9.17, 15) is 4.79 Å². The summed E-state index contributed by atoms with van der Waals surface area (Å²) in [5.74, 6) is 1.03. The van der Waals surface area contributed by atoms with Gasteiger partial charge in [-0.1, -0.05) is 24.6 Å². The Morgan fingerprint density at radius 2 is 2.03 bits per heavy atom. The molecule has 1 atom stereocenters. The molecule has 9 heteroatoms. The molecule has 3 N–H and O–H groups in total. The number of ether oxygens (including phenoxy) is 2. The lowest BCUT2D eigenvalue weighted by Crippen LogP contribution is -2.33. The molecule has 178 valence electrons. The SMILES string of the molecule is COc1c(Cl)cccc1Nc1c(-c2ccnc3ccc(OC4CC4)nc23)[nH]c2c1C(=O)NC[C@H]2C. The van der Waals surface area contributed by atoms with Crippen molar-refractivity contribution in [1.82, 2.24) is 20.3 Å². The van der Waals surface area contributed by atoms with E-state index in [2.05, 4.69) is 27.5 Å². The number of rotatable bonds is 6. The molecule has 1 saturated carbocycles. The minimum absolute atomic E-state index is 0.105. The fourth-order valence-electron chi connectivity index (χ4n) is 4.47. The number of methoxy groups -OCH3 is 1. The van der Waals surface area contributed by atoms with Gasteiger partial charge in [-0.2, -0.15) is 0 Å². The number of aromatic nitrogens is 3. The van der Waals surface area contributed by atoms with Crippen LogP contribution in [0.15, 0.2) is 42.6 Å². The molecule has 3 aromatic heterocycles. The molecule has 0 bridgehead atoms. The highest BCUT2D eigenvalue weighted by molar-refractivity contribution is 6.32. The van der Waals surface area contributed by atoms with Crippen LogP contribution in [0, 0.1) is 0 Å². The Bertz CT molecular complexity index is 1460. The Morgan fingerprint density at radius 3 is 2.83 bits per heavy atom. The van der Waals surface area contributed by atoms with E-state index in [0.717, 1.165) is 35.3 Å². The molecule has 8 nitrogen and oxygen atoms in total. The summed E-state index contributed by atoms with van der Waals surface area (Å²) in [4.78, 5) is 25.9. The lowest BCUT2D eigenvalue weighted by atomic mass is 9.98. The first kappa shape index (κ1) is 21.7. The van der Waals surface area contributed by atoms with E-state index in [-0.39, 0.29) is 17.9 Å². The lowest BCUT2D eigenvalue weighted by Gasteiger charge is -2.20. The van der Waals surface area contributed by atoms with Crippen molar-refractivity contribution in [3.8, 4) is 22.9 Å². The van der Waals surface area contributed by atoms with Gasteiger partial charge in [-0.05, 0) is 37.1 Å². The highest BCUT2D eigenvalue weighted by Crippen LogP contribution is 2.43. The number of benzene rings is 1. The van der Waals surface area contributed by atoms with Crippen LogP contribution in [0.5, 0.6) is 11.6 Å². The maximum absolute atomic E-state index is 13.1. The van der Waals surface area contributed by atoms with Crippen LogP contribution in [0.2, 0.25) is 5.02 Å². The molecule has 6 rings (SSSR count). The van der Waals surface area contributed by atoms with Crippen molar-refractivity contribution in [3.63, 3.8) is 0 Å². The maximum atomic E-state index is 13.1. The van der Waals surface area contributed by atoms with Crippen LogP contribution < -0.4 is 20.1 Å². The predicted molar refractivity (Wildman–Crippen MR) is 135 cm³/mol. The Morgan fingerprint density at radius 1 is 1.17 bits per heavy atom. The summed E-state index contributed by atoms with van der Waals surface area (Å²) in [6, 6.07) is 11.1. The van der Waals surface area contributed by atoms with Gasteiger partial charge >= 0.3 is 0 Å². The number of hydrogen-bond acceptors (Lipinski definition) is 6. The van der Waals surface area contributed by atoms with Crippen LogP contribution in [-0.4, -0.2) is 40.6 Å². The molecule has 2 aliphatic rings. The summed E-state index contributed by atoms with van der Waals surface area (Å²) in [6.07, 6.45) is 4.07. The number of nitrogens with zero attached hydrogens (tertiary/aromatic N) is 2. The molecule has 1 fully saturated rings. The van der Waals surface area contributed by atoms with E-state index in [1.807, 2.05) is 30.3 Å². The van der Waals surface area contributed by atoms with Crippen LogP contribution in [0.3, 0.4) is 0 Å². The van der Waals surface area contributed by atoms with Gasteiger partial charge in [0.05, 0.1) is 40.3 Å². The molecule has 1 aliphatic carbocycles. The van der Waals surface area contributed by atoms with Gasteiger partial charge in [-0.25, -0.2) is 4.98 Å². The minimum Gasteiger partial charge on any atom is -0.493 e. The van der Waals surface area contributed by atoms with Gasteiger partial charge in [0, 0.05) is 36.0 Å². The fourth-order valence-corrected chi connectivity index (χ4v) is 4.72. The number of para-hydroxylation sites is 1. The molecular weight excluding hydrogens is 466 g/mol. The van der Waals surface area contributed by atoms with E-state index in [4.69, 9.17) is 26.1 Å². The van der Waals surface area contributed by atoms with Crippen molar-refractivity contribution in [2.75, 3.05) is 19.0 Å². The highest BCUT2D eigenvalue weighted by atomic mass is 35.5. The smallest absolute Gasteiger partial charge is 0.255 e. The minimum atomic E-state index is -0.145. The van der Waals surface area contributed by atoms with Crippen LogP contribution in [-0.2, 0) is 0 Å². The zero-order valence-electron chi connectivity index (χ0n) is 19.3. The third-order valence-corrected chi connectivity index (χ3v) is 6.69. The average molecular weight is 490 g/mol. The van der Waals surface area contributed by atoms with E-state index >= 15 is 0 Å². The molecule has 0 radical (unpaired) electrons. The maximum Gasteiger partial charge on any atom is 0.255 e. The molecule has 1 aromatic carbocycles. The van der Waals surface area contributed by atoms with Crippen molar-refractivity contribution in [3.05, 3.63) is 58.9 Å². The fraction of sp³-hybridized carbons (Fsp3) is 0.269. The highest BCUT2D eigenvalue weighted by Gasteiger charge is 2.32. The summed E-state index contributed by atoms with van der Waals surface area (Å²) in [7, 11) is 1.57. The summed E-state index contributed by atoms with van der Waals surface area (Å²) in [6.45, 7) is 2.63. The normalized spacial score (nSPS) is 17.1. The van der Waals surface area contributed by atoms with Gasteiger partial charge < -0.3 is 25.1 Å². The number of halogens is 1. The molecule has 0 saturated heterocycles. The first-order chi connectivity index (χ1) is 17.0. The van der Waals surface area contributed by atoms with E-state index in [1.54, 1.807) is 19.4 Å². The van der Waals surface area contributed by atoms with Crippen molar-refractivity contribution in [2.24, 2.45) is 0 Å². The van der Waals surface area contributed by atoms with Gasteiger partial charge in [0.25, 0.3) is 5.91 Å². The lowest BCUT2D eigenvalue weighted by molar-refractivity contribution is 0.0942. The van der Waals surface area contributed by atoms with Crippen LogP contribution >= 0.6 is 11.6 Å². The van der Waals surface area contributed by atoms with Gasteiger partial charge in [0.2, 0.25) is 5.88 Å². The van der Waals surface area contributed by atoms with Crippen LogP contribution in [0.4, 0.5) is 11.4 Å². The summed E-state index contributed by atoms with van der Waals surface area (Å²) in [5, 5.41) is 6.89. The largest absolute Gasteiger partial charge is 0.493 e. The zero-order chi connectivity index (χ0) is 24.1. The molecular formula is C26H24ClN5O3. The summed E-state index contributed by atoms with van der Waals surface area (Å²) >= 11 is 6.38. The second kappa shape index (κ2) is 8.46. The second-order valence-electron chi connectivity index (χ2n) is 8.91. The standard InChI is InChI=1S/C26H24ClN5O3/c1-13-12-29-26(33)20-21(13)32-23(24(20)30-18-5-3-4-16(27)25(18)34-2)15-10-11-28-17-8-9-19(31-22(15)17)35-14-6-7-14/h3-5,8-11,13-14,30,32H,6-7,12H2,1-2H3,(H,29,33)/t13-/m1/s1. The number of aromatic amines is 1. The second-order valence-corrected chi connectivity index (χ2v) is 9.32. The third kappa shape index (κ3) is 3.83. The number of H-pyrrole nitrogens is 1. The summed E-state index contributed by atoms with van der Waals surface area (Å²) in [5.41, 5.74) is 5.70. The molecule has 4 aromatic rings. The molecule has 1 aliphatic heterocycles. The van der Waals surface area contributed by atoms with Crippen molar-refractivity contribution < 1.29 is 14.3 Å². The van der Waals surface area contributed by atoms with Gasteiger partial charge in [-0.15, -0.1) is 0 Å². The molecule has 1 amide bonds. The Hall–Kier alpha value is -3.78. The number of amides is 1. The van der Waals surface area contributed by atoms with Crippen molar-refractivity contribution in [2.45, 2.75) is 31.8 Å². The van der Waals surface area contributed by atoms with Gasteiger partial charge in [0.1, 0.15) is 11.6 Å². The van der Waals surface area contributed by atoms with Gasteiger partial charge in [0.15, 0.2) is 5.75 Å². The predicted octanol–water partition coefficient (Wildman–Crippen LogP) is 5.42. The van der Waals surface area contributed by atoms with Crippen LogP contribution in [0.1, 0.15) is 41.7 Å². The number of pyridine rings is 2. The first-order valence-electron chi connectivity index (χ1n) is 11.6. The Kier molecular flexibility index (Phi) is 5.25. The van der Waals surface area contributed by atoms with Gasteiger partial charge in [-0.3, -0.25) is 9.78 Å². The summed E-state index contributed by atoms with van der Waals surface area (Å²) < 4.78 is 11.5. The molecule has 0 spiro atoms. The number of carbonyl (C=O) groups is 1. The number of fused-ring (bicyclic) bond motifs is 2. The van der Waals surface area contributed by atoms with Crippen molar-refractivity contribution >= 4 is 39.9 Å². The molecule has 35 heavy (non-hydrogen) atoms. The Balaban J connectivity index is 1.56. The number of hydrogen-bond donors (Lipinski definition) is 3.